The van der Waals surface area contributed by atoms with Crippen molar-refractivity contribution in [3.63, 3.8) is 0 Å². The molecule has 0 saturated carbocycles. The average Bonchev–Trinajstić information content (AvgIpc) is 2.46. The highest BCUT2D eigenvalue weighted by Crippen LogP contribution is 2.26. The fourth-order valence-corrected chi connectivity index (χ4v) is 1.80. The highest BCUT2D eigenvalue weighted by Gasteiger charge is 2.07. The monoisotopic (exact) mass is 191 g/mol. The van der Waals surface area contributed by atoms with E-state index in [-0.39, 0.29) is 12.4 Å². The molecule has 1 heterocycles. The molecule has 0 fully saturated rings. The maximum Gasteiger partial charge on any atom is 0.139 e. The Morgan fingerprint density at radius 2 is 2.14 bits per heavy atom. The van der Waals surface area contributed by atoms with Gasteiger partial charge in [-0.15, -0.1) is 0 Å². The molecule has 0 atom stereocenters. The summed E-state index contributed by atoms with van der Waals surface area (Å²) in [6, 6.07) is 7.44. The zero-order chi connectivity index (χ0) is 10.1. The minimum Gasteiger partial charge on any atom is -0.506 e. The summed E-state index contributed by atoms with van der Waals surface area (Å²) in [7, 11) is 1.90. The molecule has 74 valence electrons. The van der Waals surface area contributed by atoms with Crippen LogP contribution in [0.1, 0.15) is 5.69 Å². The first-order valence-corrected chi connectivity index (χ1v) is 4.61. The summed E-state index contributed by atoms with van der Waals surface area (Å²) >= 11 is 0. The lowest BCUT2D eigenvalue weighted by Crippen LogP contribution is -1.98. The molecule has 0 amide bonds. The summed E-state index contributed by atoms with van der Waals surface area (Å²) in [5.41, 5.74) is 1.86. The minimum absolute atomic E-state index is 0.130. The molecular formula is C11H13NO2. The Balaban J connectivity index is 2.68. The van der Waals surface area contributed by atoms with E-state index in [1.54, 1.807) is 6.07 Å². The van der Waals surface area contributed by atoms with Gasteiger partial charge >= 0.3 is 0 Å². The molecule has 0 aliphatic heterocycles. The van der Waals surface area contributed by atoms with E-state index in [0.717, 1.165) is 16.6 Å². The number of aryl methyl sites for hydroxylation is 1. The van der Waals surface area contributed by atoms with Crippen molar-refractivity contribution < 1.29 is 10.2 Å². The quantitative estimate of drug-likeness (QED) is 0.754. The molecule has 3 heteroatoms. The van der Waals surface area contributed by atoms with E-state index in [2.05, 4.69) is 0 Å². The van der Waals surface area contributed by atoms with E-state index in [4.69, 9.17) is 5.11 Å². The van der Waals surface area contributed by atoms with Crippen LogP contribution in [-0.2, 0) is 13.5 Å². The summed E-state index contributed by atoms with van der Waals surface area (Å²) < 4.78 is 1.92. The van der Waals surface area contributed by atoms with E-state index in [0.29, 0.717) is 6.42 Å². The van der Waals surface area contributed by atoms with E-state index in [9.17, 15) is 5.11 Å². The van der Waals surface area contributed by atoms with Crippen molar-refractivity contribution in [2.24, 2.45) is 7.05 Å². The summed E-state index contributed by atoms with van der Waals surface area (Å²) in [6.07, 6.45) is 0.616. The van der Waals surface area contributed by atoms with Crippen LogP contribution in [0.2, 0.25) is 0 Å². The van der Waals surface area contributed by atoms with Gasteiger partial charge in [-0.2, -0.15) is 0 Å². The number of aromatic nitrogens is 1. The third-order valence-corrected chi connectivity index (χ3v) is 2.50. The molecule has 0 aliphatic carbocycles. The van der Waals surface area contributed by atoms with Crippen molar-refractivity contribution in [1.29, 1.82) is 0 Å². The van der Waals surface area contributed by atoms with Gasteiger partial charge in [0.25, 0.3) is 0 Å². The van der Waals surface area contributed by atoms with Crippen molar-refractivity contribution in [1.82, 2.24) is 4.57 Å². The number of phenols is 1. The standard InChI is InChI=1S/C11H13NO2/c1-12-9(5-6-13)7-8-3-2-4-10(14)11(8)12/h2-4,7,13-14H,5-6H2,1H3. The SMILES string of the molecule is Cn1c(CCO)cc2cccc(O)c21. The molecule has 14 heavy (non-hydrogen) atoms. The number of aliphatic hydroxyl groups excluding tert-OH is 1. The molecular weight excluding hydrogens is 178 g/mol. The minimum atomic E-state index is 0.130. The van der Waals surface area contributed by atoms with Gasteiger partial charge in [0.05, 0.1) is 5.52 Å². The van der Waals surface area contributed by atoms with Crippen molar-refractivity contribution in [3.8, 4) is 5.75 Å². The molecule has 0 unspecified atom stereocenters. The van der Waals surface area contributed by atoms with Gasteiger partial charge in [-0.1, -0.05) is 12.1 Å². The van der Waals surface area contributed by atoms with Gasteiger partial charge in [-0.05, 0) is 12.1 Å². The summed E-state index contributed by atoms with van der Waals surface area (Å²) in [5.74, 6) is 0.286. The number of aromatic hydroxyl groups is 1. The number of hydrogen-bond acceptors (Lipinski definition) is 2. The molecule has 3 nitrogen and oxygen atoms in total. The largest absolute Gasteiger partial charge is 0.506 e. The van der Waals surface area contributed by atoms with Crippen LogP contribution in [0.25, 0.3) is 10.9 Å². The first kappa shape index (κ1) is 9.09. The number of nitrogens with zero attached hydrogens (tertiary/aromatic N) is 1. The second-order valence-corrected chi connectivity index (χ2v) is 3.38. The number of rotatable bonds is 2. The molecule has 2 N–H and O–H groups in total. The van der Waals surface area contributed by atoms with Crippen LogP contribution < -0.4 is 0 Å². The van der Waals surface area contributed by atoms with E-state index in [1.165, 1.54) is 0 Å². The fraction of sp³-hybridized carbons (Fsp3) is 0.273. The van der Waals surface area contributed by atoms with Crippen LogP contribution in [0, 0.1) is 0 Å². The second kappa shape index (κ2) is 3.35. The normalized spacial score (nSPS) is 11.0. The average molecular weight is 191 g/mol. The van der Waals surface area contributed by atoms with Crippen LogP contribution >= 0.6 is 0 Å². The smallest absolute Gasteiger partial charge is 0.139 e. The maximum absolute atomic E-state index is 9.65. The van der Waals surface area contributed by atoms with Gasteiger partial charge in [0.2, 0.25) is 0 Å². The first-order valence-electron chi connectivity index (χ1n) is 4.61. The number of aliphatic hydroxyl groups is 1. The molecule has 0 aliphatic rings. The lowest BCUT2D eigenvalue weighted by molar-refractivity contribution is 0.297. The highest BCUT2D eigenvalue weighted by atomic mass is 16.3. The van der Waals surface area contributed by atoms with Crippen molar-refractivity contribution in [3.05, 3.63) is 30.0 Å². The predicted octanol–water partition coefficient (Wildman–Crippen LogP) is 1.42. The van der Waals surface area contributed by atoms with Crippen LogP contribution in [-0.4, -0.2) is 21.4 Å². The number of phenolic OH excluding ortho intramolecular Hbond substituents is 1. The van der Waals surface area contributed by atoms with Gasteiger partial charge in [0, 0.05) is 31.2 Å². The number of fused-ring (bicyclic) bond motifs is 1. The van der Waals surface area contributed by atoms with Gasteiger partial charge < -0.3 is 14.8 Å². The Kier molecular flexibility index (Phi) is 2.17. The number of para-hydroxylation sites is 1. The van der Waals surface area contributed by atoms with E-state index < -0.39 is 0 Å². The third-order valence-electron chi connectivity index (χ3n) is 2.50. The van der Waals surface area contributed by atoms with Gasteiger partial charge in [0.15, 0.2) is 0 Å². The lowest BCUT2D eigenvalue weighted by Gasteiger charge is -2.02. The molecule has 1 aromatic heterocycles. The first-order chi connectivity index (χ1) is 6.74. The molecule has 0 saturated heterocycles. The van der Waals surface area contributed by atoms with Crippen molar-refractivity contribution in [2.75, 3.05) is 6.61 Å². The van der Waals surface area contributed by atoms with Crippen LogP contribution in [0.5, 0.6) is 5.75 Å². The van der Waals surface area contributed by atoms with Gasteiger partial charge in [0.1, 0.15) is 5.75 Å². The lowest BCUT2D eigenvalue weighted by atomic mass is 10.2. The Bertz CT molecular complexity index is 460. The summed E-state index contributed by atoms with van der Waals surface area (Å²) in [6.45, 7) is 0.130. The third kappa shape index (κ3) is 1.26. The Labute approximate surface area is 82.2 Å². The fourth-order valence-electron chi connectivity index (χ4n) is 1.80. The topological polar surface area (TPSA) is 45.4 Å². The van der Waals surface area contributed by atoms with Crippen molar-refractivity contribution >= 4 is 10.9 Å². The Hall–Kier alpha value is -1.48. The van der Waals surface area contributed by atoms with Crippen LogP contribution in [0.3, 0.4) is 0 Å². The van der Waals surface area contributed by atoms with Crippen LogP contribution in [0.4, 0.5) is 0 Å². The number of hydrogen-bond donors (Lipinski definition) is 2. The van der Waals surface area contributed by atoms with E-state index in [1.807, 2.05) is 29.8 Å². The molecule has 2 aromatic rings. The molecule has 0 bridgehead atoms. The highest BCUT2D eigenvalue weighted by molar-refractivity contribution is 5.86. The maximum atomic E-state index is 9.65. The molecule has 2 rings (SSSR count). The molecule has 0 radical (unpaired) electrons. The Morgan fingerprint density at radius 3 is 2.79 bits per heavy atom. The van der Waals surface area contributed by atoms with E-state index >= 15 is 0 Å². The zero-order valence-electron chi connectivity index (χ0n) is 8.07. The summed E-state index contributed by atoms with van der Waals surface area (Å²) in [4.78, 5) is 0. The Morgan fingerprint density at radius 1 is 1.36 bits per heavy atom. The summed E-state index contributed by atoms with van der Waals surface area (Å²) in [5, 5.41) is 19.5. The zero-order valence-corrected chi connectivity index (χ0v) is 8.07. The van der Waals surface area contributed by atoms with Gasteiger partial charge in [-0.25, -0.2) is 0 Å². The number of benzene rings is 1. The molecule has 0 spiro atoms. The second-order valence-electron chi connectivity index (χ2n) is 3.38. The molecule has 1 aromatic carbocycles. The van der Waals surface area contributed by atoms with Crippen LogP contribution in [0.15, 0.2) is 24.3 Å². The predicted molar refractivity (Wildman–Crippen MR) is 55.4 cm³/mol. The van der Waals surface area contributed by atoms with Crippen molar-refractivity contribution in [2.45, 2.75) is 6.42 Å². The van der Waals surface area contributed by atoms with Gasteiger partial charge in [-0.3, -0.25) is 0 Å².